The van der Waals surface area contributed by atoms with Crippen LogP contribution in [-0.4, -0.2) is 68.9 Å². The number of hydrogen-bond donors (Lipinski definition) is 10. The molecular weight excluding hydrogens is 919 g/mol. The Bertz CT molecular complexity index is 3080. The van der Waals surface area contributed by atoms with Gasteiger partial charge in [0, 0.05) is 23.6 Å². The molecule has 0 atom stereocenters. The first kappa shape index (κ1) is 47.2. The second kappa shape index (κ2) is 19.2. The fourth-order valence-electron chi connectivity index (χ4n) is 5.75. The highest BCUT2D eigenvalue weighted by Crippen LogP contribution is 2.55. The highest BCUT2D eigenvalue weighted by atomic mass is 32.3. The second-order valence-corrected chi connectivity index (χ2v) is 17.4. The molecule has 0 aliphatic rings. The number of methoxy groups -OCH3 is 1. The van der Waals surface area contributed by atoms with E-state index in [2.05, 4.69) is 40.5 Å². The van der Waals surface area contributed by atoms with E-state index in [1.165, 1.54) is 73.8 Å². The van der Waals surface area contributed by atoms with Crippen molar-refractivity contribution in [1.82, 2.24) is 0 Å². The van der Waals surface area contributed by atoms with Crippen molar-refractivity contribution in [2.24, 2.45) is 41.6 Å². The number of fused-ring (bicyclic) bond motifs is 1. The predicted molar refractivity (Wildman–Crippen MR) is 238 cm³/mol. The lowest BCUT2D eigenvalue weighted by Crippen LogP contribution is -2.02. The van der Waals surface area contributed by atoms with Gasteiger partial charge < -0.3 is 47.1 Å². The summed E-state index contributed by atoms with van der Waals surface area (Å²) in [6.07, 6.45) is 3.05. The summed E-state index contributed by atoms with van der Waals surface area (Å²) in [4.78, 5) is 16.9. The van der Waals surface area contributed by atoms with Gasteiger partial charge in [0.05, 0.1) is 44.6 Å². The summed E-state index contributed by atoms with van der Waals surface area (Å²) >= 11 is 0. The number of benzene rings is 6. The number of rotatable bonds is 15. The van der Waals surface area contributed by atoms with Gasteiger partial charge in [0.25, 0.3) is 15.8 Å². The van der Waals surface area contributed by atoms with Crippen molar-refractivity contribution >= 4 is 107 Å². The van der Waals surface area contributed by atoms with Gasteiger partial charge in [-0.25, -0.2) is 4.99 Å². The Morgan fingerprint density at radius 3 is 1.85 bits per heavy atom. The van der Waals surface area contributed by atoms with Crippen molar-refractivity contribution in [2.45, 2.75) is 14.7 Å². The molecule has 0 heterocycles. The van der Waals surface area contributed by atoms with E-state index in [-0.39, 0.29) is 61.8 Å². The average molecular weight is 952 g/mol. The SMILES string of the molecule is COc1cc(N=Nc2ccc(C=Cc3ccc([N+](=O)[O-])cc3S(=O)(=O)O)c(S(O)(O)O)c2)c(N=CON)cc1N=Nc1c(S(O)(O)O)cc2cc(N=Nc3ccc(O)cc3)ccc2c1O. The third kappa shape index (κ3) is 11.5. The maximum absolute atomic E-state index is 12.0. The van der Waals surface area contributed by atoms with Crippen LogP contribution in [0.5, 0.6) is 17.2 Å². The van der Waals surface area contributed by atoms with Crippen molar-refractivity contribution in [3.63, 3.8) is 0 Å². The van der Waals surface area contributed by atoms with Gasteiger partial charge in [0.1, 0.15) is 55.2 Å². The highest BCUT2D eigenvalue weighted by Gasteiger charge is 2.26. The molecule has 27 heteroatoms. The summed E-state index contributed by atoms with van der Waals surface area (Å²) in [5, 5.41) is 56.9. The fraction of sp³-hybridized carbons (Fsp3) is 0.0263. The van der Waals surface area contributed by atoms with Crippen molar-refractivity contribution in [2.75, 3.05) is 7.11 Å². The maximum atomic E-state index is 12.0. The Morgan fingerprint density at radius 1 is 0.631 bits per heavy atom. The van der Waals surface area contributed by atoms with Crippen LogP contribution in [0.15, 0.2) is 147 Å². The number of nitro groups is 1. The highest BCUT2D eigenvalue weighted by molar-refractivity contribution is 8.19. The number of ether oxygens (including phenoxy) is 1. The van der Waals surface area contributed by atoms with Crippen LogP contribution in [0.3, 0.4) is 0 Å². The number of non-ortho nitro benzene ring substituents is 1. The summed E-state index contributed by atoms with van der Waals surface area (Å²) in [5.41, 5.74) is -1.03. The zero-order chi connectivity index (χ0) is 47.3. The molecule has 0 aromatic heterocycles. The van der Waals surface area contributed by atoms with Gasteiger partial charge >= 0.3 is 0 Å². The molecule has 0 aliphatic carbocycles. The third-order valence-corrected chi connectivity index (χ3v) is 11.5. The van der Waals surface area contributed by atoms with Crippen LogP contribution in [0.1, 0.15) is 11.1 Å². The van der Waals surface area contributed by atoms with Crippen LogP contribution in [-0.2, 0) is 15.0 Å². The zero-order valence-corrected chi connectivity index (χ0v) is 35.3. The molecule has 6 aromatic carbocycles. The molecule has 0 fully saturated rings. The van der Waals surface area contributed by atoms with Crippen LogP contribution in [0, 0.1) is 10.1 Å². The number of aromatic hydroxyl groups is 2. The van der Waals surface area contributed by atoms with Crippen molar-refractivity contribution in [3.05, 3.63) is 118 Å². The quantitative estimate of drug-likeness (QED) is 0.00869. The summed E-state index contributed by atoms with van der Waals surface area (Å²) in [7, 11) is -12.7. The molecule has 0 saturated carbocycles. The minimum atomic E-state index is -4.95. The Morgan fingerprint density at radius 2 is 1.22 bits per heavy atom. The number of nitrogens with zero attached hydrogens (tertiary/aromatic N) is 8. The number of phenols is 2. The molecule has 0 radical (unpaired) electrons. The van der Waals surface area contributed by atoms with E-state index in [0.29, 0.717) is 11.8 Å². The lowest BCUT2D eigenvalue weighted by atomic mass is 10.1. The van der Waals surface area contributed by atoms with Crippen LogP contribution >= 0.6 is 21.7 Å². The number of nitrogens with two attached hydrogens (primary N) is 1. The first-order valence-electron chi connectivity index (χ1n) is 17.7. The Kier molecular flexibility index (Phi) is 14.0. The van der Waals surface area contributed by atoms with Crippen LogP contribution in [0.25, 0.3) is 22.9 Å². The minimum absolute atomic E-state index is 0.0358. The van der Waals surface area contributed by atoms with Crippen molar-refractivity contribution in [3.8, 4) is 17.2 Å². The standard InChI is InChI=1S/C38H33N9O15S3/c1-61-33-19-31(44-43-26-6-4-21(34(16-26)63(52,53)54)2-3-22-5-10-27(47(50)51)17-35(22)64(55,56)57)30(40-20-62-39)18-32(33)45-46-37-36(65(58,59)60)15-23-14-25(9-13-29(23)38(37)49)42-41-24-7-11-28(48)12-8-24/h2-20,48-49,52-54,58-60H,39H2,1H3,(H,55,56,57). The fourth-order valence-corrected chi connectivity index (χ4v) is 7.87. The first-order valence-corrected chi connectivity index (χ1v) is 22.1. The molecule has 0 aliphatic heterocycles. The van der Waals surface area contributed by atoms with E-state index < -0.39 is 68.6 Å². The van der Waals surface area contributed by atoms with Gasteiger partial charge in [-0.1, -0.05) is 18.2 Å². The predicted octanol–water partition coefficient (Wildman–Crippen LogP) is 11.5. The molecule has 65 heavy (non-hydrogen) atoms. The van der Waals surface area contributed by atoms with Crippen LogP contribution < -0.4 is 10.6 Å². The monoisotopic (exact) mass is 951 g/mol. The lowest BCUT2D eigenvalue weighted by molar-refractivity contribution is -0.385. The van der Waals surface area contributed by atoms with Gasteiger partial charge in [-0.15, -0.1) is 15.3 Å². The van der Waals surface area contributed by atoms with Gasteiger partial charge in [0.15, 0.2) is 5.75 Å². The topological polar surface area (TPSA) is 390 Å². The summed E-state index contributed by atoms with van der Waals surface area (Å²) in [6.45, 7) is 0. The van der Waals surface area contributed by atoms with E-state index in [0.717, 1.165) is 42.8 Å². The molecular formula is C38H33N9O15S3. The summed E-state index contributed by atoms with van der Waals surface area (Å²) in [5.74, 6) is 4.54. The molecule has 24 nitrogen and oxygen atoms in total. The molecule has 6 rings (SSSR count). The van der Waals surface area contributed by atoms with E-state index in [4.69, 9.17) is 10.6 Å². The number of azo groups is 3. The van der Waals surface area contributed by atoms with Crippen LogP contribution in [0.2, 0.25) is 0 Å². The van der Waals surface area contributed by atoms with Crippen molar-refractivity contribution in [1.29, 1.82) is 0 Å². The van der Waals surface area contributed by atoms with E-state index in [1.807, 2.05) is 0 Å². The number of hydrogen-bond acceptors (Lipinski definition) is 22. The largest absolute Gasteiger partial charge is 0.508 e. The van der Waals surface area contributed by atoms with E-state index in [9.17, 15) is 60.6 Å². The second-order valence-electron chi connectivity index (χ2n) is 13.0. The van der Waals surface area contributed by atoms with Crippen LogP contribution in [0.4, 0.5) is 45.5 Å². The minimum Gasteiger partial charge on any atom is -0.508 e. The van der Waals surface area contributed by atoms with E-state index >= 15 is 0 Å². The molecule has 11 N–H and O–H groups in total. The Labute approximate surface area is 369 Å². The number of nitro benzene ring substituents is 1. The average Bonchev–Trinajstić information content (AvgIpc) is 3.25. The van der Waals surface area contributed by atoms with Gasteiger partial charge in [-0.3, -0.25) is 14.7 Å². The maximum Gasteiger partial charge on any atom is 0.295 e. The molecule has 0 bridgehead atoms. The first-order chi connectivity index (χ1) is 30.7. The van der Waals surface area contributed by atoms with Crippen molar-refractivity contribution < 1.29 is 65.0 Å². The smallest absolute Gasteiger partial charge is 0.295 e. The normalized spacial score (nSPS) is 13.2. The van der Waals surface area contributed by atoms with Gasteiger partial charge in [-0.2, -0.15) is 29.7 Å². The lowest BCUT2D eigenvalue weighted by Gasteiger charge is -2.22. The molecule has 0 amide bonds. The number of aliphatic imine (C=N–C) groups is 1. The zero-order valence-electron chi connectivity index (χ0n) is 32.8. The summed E-state index contributed by atoms with van der Waals surface area (Å²) in [6, 6.07) is 20.2. The van der Waals surface area contributed by atoms with E-state index in [1.54, 1.807) is 0 Å². The Balaban J connectivity index is 1.35. The van der Waals surface area contributed by atoms with Gasteiger partial charge in [-0.05, 0) is 89.3 Å². The Hall–Kier alpha value is -7.28. The molecule has 338 valence electrons. The molecule has 0 unspecified atom stereocenters. The molecule has 0 spiro atoms. The number of phenolic OH excluding ortho intramolecular Hbond substituents is 2. The summed E-state index contributed by atoms with van der Waals surface area (Å²) < 4.78 is 101. The molecule has 6 aromatic rings. The third-order valence-electron chi connectivity index (χ3n) is 8.74. The molecule has 0 saturated heterocycles. The van der Waals surface area contributed by atoms with Gasteiger partial charge in [0.2, 0.25) is 6.40 Å².